The molecule has 0 bridgehead atoms. The van der Waals surface area contributed by atoms with E-state index in [1.165, 1.54) is 12.8 Å². The molecule has 2 unspecified atom stereocenters. The molecule has 1 aromatic rings. The number of benzene rings is 1. The molecule has 0 spiro atoms. The normalized spacial score (nSPS) is 21.1. The average molecular weight is 284 g/mol. The maximum Gasteiger partial charge on any atom is 0.137 e. The number of hydrogen-bond acceptors (Lipinski definition) is 3. The molecular weight excluding hydrogens is 262 g/mol. The van der Waals surface area contributed by atoms with Crippen LogP contribution in [-0.4, -0.2) is 19.8 Å². The van der Waals surface area contributed by atoms with Crippen LogP contribution in [0.1, 0.15) is 43.7 Å². The minimum atomic E-state index is 0.00827. The number of nitrogens with two attached hydrogens (primary N) is 1. The molecule has 1 aliphatic rings. The van der Waals surface area contributed by atoms with Crippen LogP contribution in [0, 0.1) is 0 Å². The molecule has 2 rings (SSSR count). The fraction of sp³-hybridized carbons (Fsp3) is 0.600. The first-order valence-electron chi connectivity index (χ1n) is 6.91. The van der Waals surface area contributed by atoms with Gasteiger partial charge in [-0.15, -0.1) is 0 Å². The van der Waals surface area contributed by atoms with Gasteiger partial charge in [0.05, 0.1) is 18.2 Å². The van der Waals surface area contributed by atoms with E-state index in [1.807, 2.05) is 18.2 Å². The van der Waals surface area contributed by atoms with Crippen molar-refractivity contribution < 1.29 is 9.47 Å². The van der Waals surface area contributed by atoms with Crippen LogP contribution in [0.25, 0.3) is 0 Å². The fourth-order valence-electron chi connectivity index (χ4n) is 2.48. The minimum Gasteiger partial charge on any atom is -0.495 e. The number of hydrogen-bond donors (Lipinski definition) is 1. The van der Waals surface area contributed by atoms with Crippen LogP contribution in [0.15, 0.2) is 18.2 Å². The third kappa shape index (κ3) is 4.10. The first-order chi connectivity index (χ1) is 9.20. The highest BCUT2D eigenvalue weighted by molar-refractivity contribution is 6.32. The second kappa shape index (κ2) is 7.13. The third-order valence-corrected chi connectivity index (χ3v) is 3.97. The van der Waals surface area contributed by atoms with Gasteiger partial charge in [-0.05, 0) is 49.8 Å². The van der Waals surface area contributed by atoms with Crippen molar-refractivity contribution >= 4 is 11.6 Å². The van der Waals surface area contributed by atoms with Crippen LogP contribution in [-0.2, 0) is 4.74 Å². The Morgan fingerprint density at radius 1 is 1.47 bits per heavy atom. The number of ether oxygens (including phenoxy) is 2. The molecule has 0 saturated carbocycles. The summed E-state index contributed by atoms with van der Waals surface area (Å²) in [5.74, 6) is 0.688. The SMILES string of the molecule is COc1ccc(C(N)CCC2CCCCO2)cc1Cl. The zero-order valence-electron chi connectivity index (χ0n) is 11.4. The van der Waals surface area contributed by atoms with Crippen LogP contribution < -0.4 is 10.5 Å². The summed E-state index contributed by atoms with van der Waals surface area (Å²) in [4.78, 5) is 0. The van der Waals surface area contributed by atoms with Gasteiger partial charge in [-0.1, -0.05) is 17.7 Å². The molecule has 3 nitrogen and oxygen atoms in total. The van der Waals surface area contributed by atoms with Gasteiger partial charge in [-0.3, -0.25) is 0 Å². The summed E-state index contributed by atoms with van der Waals surface area (Å²) in [5, 5.41) is 0.615. The molecule has 0 radical (unpaired) electrons. The predicted molar refractivity (Wildman–Crippen MR) is 77.8 cm³/mol. The summed E-state index contributed by atoms with van der Waals surface area (Å²) in [5.41, 5.74) is 7.27. The largest absolute Gasteiger partial charge is 0.495 e. The van der Waals surface area contributed by atoms with Crippen molar-refractivity contribution in [1.29, 1.82) is 0 Å². The Morgan fingerprint density at radius 2 is 2.32 bits per heavy atom. The summed E-state index contributed by atoms with van der Waals surface area (Å²) in [6, 6.07) is 5.76. The summed E-state index contributed by atoms with van der Waals surface area (Å²) >= 11 is 6.12. The molecule has 0 aliphatic carbocycles. The fourth-order valence-corrected chi connectivity index (χ4v) is 2.75. The topological polar surface area (TPSA) is 44.5 Å². The highest BCUT2D eigenvalue weighted by Gasteiger charge is 2.16. The van der Waals surface area contributed by atoms with Gasteiger partial charge in [0.25, 0.3) is 0 Å². The smallest absolute Gasteiger partial charge is 0.137 e. The third-order valence-electron chi connectivity index (χ3n) is 3.68. The van der Waals surface area contributed by atoms with Crippen LogP contribution >= 0.6 is 11.6 Å². The molecule has 19 heavy (non-hydrogen) atoms. The van der Waals surface area contributed by atoms with Crippen molar-refractivity contribution in [3.05, 3.63) is 28.8 Å². The maximum atomic E-state index is 6.22. The standard InChI is InChI=1S/C15H22ClNO2/c1-18-15-8-5-11(10-13(15)16)14(17)7-6-12-4-2-3-9-19-12/h5,8,10,12,14H,2-4,6-7,9,17H2,1H3. The van der Waals surface area contributed by atoms with Gasteiger partial charge >= 0.3 is 0 Å². The minimum absolute atomic E-state index is 0.00827. The van der Waals surface area contributed by atoms with E-state index < -0.39 is 0 Å². The lowest BCUT2D eigenvalue weighted by Gasteiger charge is -2.24. The van der Waals surface area contributed by atoms with Crippen LogP contribution in [0.4, 0.5) is 0 Å². The Bertz CT molecular complexity index is 405. The summed E-state index contributed by atoms with van der Waals surface area (Å²) in [7, 11) is 1.61. The Hall–Kier alpha value is -0.770. The number of halogens is 1. The molecule has 4 heteroatoms. The van der Waals surface area contributed by atoms with Crippen molar-refractivity contribution in [1.82, 2.24) is 0 Å². The molecular formula is C15H22ClNO2. The number of methoxy groups -OCH3 is 1. The van der Waals surface area contributed by atoms with Gasteiger partial charge < -0.3 is 15.2 Å². The summed E-state index contributed by atoms with van der Waals surface area (Å²) in [6.07, 6.45) is 5.95. The molecule has 1 aromatic carbocycles. The van der Waals surface area contributed by atoms with Crippen LogP contribution in [0.5, 0.6) is 5.75 Å². The van der Waals surface area contributed by atoms with Crippen molar-refractivity contribution in [3.63, 3.8) is 0 Å². The molecule has 1 heterocycles. The zero-order chi connectivity index (χ0) is 13.7. The lowest BCUT2D eigenvalue weighted by atomic mass is 9.98. The van der Waals surface area contributed by atoms with E-state index in [9.17, 15) is 0 Å². The van der Waals surface area contributed by atoms with E-state index in [1.54, 1.807) is 7.11 Å². The molecule has 0 aromatic heterocycles. The van der Waals surface area contributed by atoms with Crippen molar-refractivity contribution in [3.8, 4) is 5.75 Å². The van der Waals surface area contributed by atoms with Crippen molar-refractivity contribution in [2.75, 3.05) is 13.7 Å². The van der Waals surface area contributed by atoms with E-state index in [2.05, 4.69) is 0 Å². The summed E-state index contributed by atoms with van der Waals surface area (Å²) < 4.78 is 10.9. The van der Waals surface area contributed by atoms with Gasteiger partial charge in [-0.2, -0.15) is 0 Å². The van der Waals surface area contributed by atoms with Gasteiger partial charge in [0.1, 0.15) is 5.75 Å². The van der Waals surface area contributed by atoms with Crippen LogP contribution in [0.2, 0.25) is 5.02 Å². The Morgan fingerprint density at radius 3 is 2.95 bits per heavy atom. The Balaban J connectivity index is 1.88. The van der Waals surface area contributed by atoms with Gasteiger partial charge in [0, 0.05) is 12.6 Å². The van der Waals surface area contributed by atoms with E-state index in [0.29, 0.717) is 16.9 Å². The van der Waals surface area contributed by atoms with Gasteiger partial charge in [0.2, 0.25) is 0 Å². The van der Waals surface area contributed by atoms with Crippen molar-refractivity contribution in [2.45, 2.75) is 44.2 Å². The molecule has 2 atom stereocenters. The Kier molecular flexibility index (Phi) is 5.49. The first kappa shape index (κ1) is 14.6. The predicted octanol–water partition coefficient (Wildman–Crippen LogP) is 3.70. The zero-order valence-corrected chi connectivity index (χ0v) is 12.2. The van der Waals surface area contributed by atoms with E-state index in [0.717, 1.165) is 31.4 Å². The quantitative estimate of drug-likeness (QED) is 0.896. The lowest BCUT2D eigenvalue weighted by Crippen LogP contribution is -2.21. The van der Waals surface area contributed by atoms with Crippen molar-refractivity contribution in [2.24, 2.45) is 5.73 Å². The molecule has 2 N–H and O–H groups in total. The maximum absolute atomic E-state index is 6.22. The second-order valence-corrected chi connectivity index (χ2v) is 5.47. The number of rotatable bonds is 5. The van der Waals surface area contributed by atoms with Gasteiger partial charge in [0.15, 0.2) is 0 Å². The summed E-state index contributed by atoms with van der Waals surface area (Å²) in [6.45, 7) is 0.897. The molecule has 106 valence electrons. The van der Waals surface area contributed by atoms with E-state index in [4.69, 9.17) is 26.8 Å². The highest BCUT2D eigenvalue weighted by Crippen LogP contribution is 2.29. The molecule has 1 fully saturated rings. The van der Waals surface area contributed by atoms with Crippen LogP contribution in [0.3, 0.4) is 0 Å². The van der Waals surface area contributed by atoms with E-state index in [-0.39, 0.29) is 6.04 Å². The molecule has 0 amide bonds. The second-order valence-electron chi connectivity index (χ2n) is 5.07. The average Bonchev–Trinajstić information content (AvgIpc) is 2.45. The van der Waals surface area contributed by atoms with E-state index >= 15 is 0 Å². The first-order valence-corrected chi connectivity index (χ1v) is 7.29. The monoisotopic (exact) mass is 283 g/mol. The lowest BCUT2D eigenvalue weighted by molar-refractivity contribution is 0.00912. The highest BCUT2D eigenvalue weighted by atomic mass is 35.5. The molecule has 1 saturated heterocycles. The Labute approximate surface area is 120 Å². The van der Waals surface area contributed by atoms with Gasteiger partial charge in [-0.25, -0.2) is 0 Å². The molecule has 1 aliphatic heterocycles.